The van der Waals surface area contributed by atoms with Gasteiger partial charge in [0.05, 0.1) is 22.6 Å². The molecule has 1 aliphatic heterocycles. The SMILES string of the molecule is Cc1nc(N2CCC(C(=O)NS(=O)(=O)Cc3ccccc3)CC2)c(C#N)c(Cc2ccc(F)cc2)c1C(=O)O. The lowest BCUT2D eigenvalue weighted by Gasteiger charge is -2.33. The van der Waals surface area contributed by atoms with Crippen molar-refractivity contribution in [1.82, 2.24) is 9.71 Å². The predicted octanol–water partition coefficient (Wildman–Crippen LogP) is 3.55. The van der Waals surface area contributed by atoms with E-state index in [4.69, 9.17) is 0 Å². The highest BCUT2D eigenvalue weighted by Gasteiger charge is 2.31. The number of carbonyl (C=O) groups is 2. The monoisotopic (exact) mass is 550 g/mol. The Kier molecular flexibility index (Phi) is 8.26. The lowest BCUT2D eigenvalue weighted by Crippen LogP contribution is -2.43. The van der Waals surface area contributed by atoms with Crippen LogP contribution in [0.25, 0.3) is 0 Å². The molecule has 0 bridgehead atoms. The lowest BCUT2D eigenvalue weighted by molar-refractivity contribution is -0.123. The van der Waals surface area contributed by atoms with Crippen LogP contribution < -0.4 is 9.62 Å². The number of carboxylic acid groups (broad SMARTS) is 1. The summed E-state index contributed by atoms with van der Waals surface area (Å²) in [5, 5.41) is 19.9. The normalized spacial score (nSPS) is 14.0. The predicted molar refractivity (Wildman–Crippen MR) is 142 cm³/mol. The number of anilines is 1. The Morgan fingerprint density at radius 2 is 1.74 bits per heavy atom. The quantitative estimate of drug-likeness (QED) is 0.434. The average Bonchev–Trinajstić information content (AvgIpc) is 2.89. The number of hydrogen-bond acceptors (Lipinski definition) is 7. The zero-order valence-corrected chi connectivity index (χ0v) is 22.0. The van der Waals surface area contributed by atoms with Crippen molar-refractivity contribution in [2.75, 3.05) is 18.0 Å². The molecule has 0 atom stereocenters. The number of nitrogens with zero attached hydrogens (tertiary/aromatic N) is 3. The molecular weight excluding hydrogens is 523 g/mol. The van der Waals surface area contributed by atoms with Crippen LogP contribution in [0, 0.1) is 30.0 Å². The Morgan fingerprint density at radius 3 is 2.33 bits per heavy atom. The van der Waals surface area contributed by atoms with Gasteiger partial charge in [-0.25, -0.2) is 22.6 Å². The zero-order valence-electron chi connectivity index (χ0n) is 21.2. The first-order valence-corrected chi connectivity index (χ1v) is 14.0. The van der Waals surface area contributed by atoms with Crippen molar-refractivity contribution in [2.45, 2.75) is 31.9 Å². The second kappa shape index (κ2) is 11.6. The summed E-state index contributed by atoms with van der Waals surface area (Å²) in [6.07, 6.45) is 0.748. The summed E-state index contributed by atoms with van der Waals surface area (Å²) in [5.41, 5.74) is 1.76. The number of hydrogen-bond donors (Lipinski definition) is 2. The summed E-state index contributed by atoms with van der Waals surface area (Å²) in [4.78, 5) is 31.1. The molecule has 202 valence electrons. The molecule has 2 aromatic carbocycles. The molecule has 39 heavy (non-hydrogen) atoms. The van der Waals surface area contributed by atoms with E-state index in [-0.39, 0.29) is 34.6 Å². The molecule has 1 aliphatic rings. The van der Waals surface area contributed by atoms with Crippen LogP contribution >= 0.6 is 0 Å². The Balaban J connectivity index is 1.52. The minimum absolute atomic E-state index is 0.0717. The fourth-order valence-corrected chi connectivity index (χ4v) is 5.96. The van der Waals surface area contributed by atoms with E-state index in [0.717, 1.165) is 0 Å². The maximum absolute atomic E-state index is 13.4. The van der Waals surface area contributed by atoms with Crippen LogP contribution in [0.3, 0.4) is 0 Å². The largest absolute Gasteiger partial charge is 0.478 e. The summed E-state index contributed by atoms with van der Waals surface area (Å²) < 4.78 is 40.6. The first-order valence-electron chi connectivity index (χ1n) is 12.3. The molecule has 1 amide bonds. The Labute approximate surface area is 226 Å². The van der Waals surface area contributed by atoms with Gasteiger partial charge in [-0.1, -0.05) is 42.5 Å². The molecule has 2 heterocycles. The second-order valence-corrected chi connectivity index (χ2v) is 11.2. The van der Waals surface area contributed by atoms with Gasteiger partial charge < -0.3 is 10.0 Å². The smallest absolute Gasteiger partial charge is 0.337 e. The minimum atomic E-state index is -3.86. The van der Waals surface area contributed by atoms with Crippen LogP contribution in [0.2, 0.25) is 0 Å². The average molecular weight is 551 g/mol. The van der Waals surface area contributed by atoms with Gasteiger partial charge in [-0.15, -0.1) is 0 Å². The standard InChI is InChI=1S/C28H27FN4O5S/c1-18-25(28(35)36)23(15-19-7-9-22(29)10-8-19)24(16-30)26(31-18)33-13-11-21(12-14-33)27(34)32-39(37,38)17-20-5-3-2-4-6-20/h2-10,21H,11-15,17H2,1H3,(H,32,34)(H,35,36). The summed E-state index contributed by atoms with van der Waals surface area (Å²) in [5.74, 6) is -2.76. The van der Waals surface area contributed by atoms with Gasteiger partial charge in [0.1, 0.15) is 17.7 Å². The highest BCUT2D eigenvalue weighted by Crippen LogP contribution is 2.31. The van der Waals surface area contributed by atoms with Crippen molar-refractivity contribution in [2.24, 2.45) is 5.92 Å². The van der Waals surface area contributed by atoms with E-state index < -0.39 is 33.6 Å². The molecule has 0 radical (unpaired) electrons. The number of sulfonamides is 1. The van der Waals surface area contributed by atoms with Crippen molar-refractivity contribution in [3.8, 4) is 6.07 Å². The van der Waals surface area contributed by atoms with E-state index in [2.05, 4.69) is 15.8 Å². The van der Waals surface area contributed by atoms with E-state index in [1.165, 1.54) is 24.3 Å². The molecule has 0 saturated carbocycles. The van der Waals surface area contributed by atoms with E-state index >= 15 is 0 Å². The Hall–Kier alpha value is -4.30. The fraction of sp³-hybridized carbons (Fsp3) is 0.286. The number of halogens is 1. The van der Waals surface area contributed by atoms with Crippen LogP contribution in [0.1, 0.15) is 51.1 Å². The van der Waals surface area contributed by atoms with Crippen LogP contribution in [0.5, 0.6) is 0 Å². The van der Waals surface area contributed by atoms with Gasteiger partial charge in [0.2, 0.25) is 15.9 Å². The number of carbonyl (C=O) groups excluding carboxylic acids is 1. The van der Waals surface area contributed by atoms with Crippen molar-refractivity contribution in [3.63, 3.8) is 0 Å². The number of aromatic carboxylic acids is 1. The Bertz CT molecular complexity index is 1530. The van der Waals surface area contributed by atoms with Crippen molar-refractivity contribution >= 4 is 27.7 Å². The number of benzene rings is 2. The molecule has 0 aliphatic carbocycles. The molecular formula is C28H27FN4O5S. The molecule has 1 fully saturated rings. The van der Waals surface area contributed by atoms with Gasteiger partial charge in [-0.2, -0.15) is 5.26 Å². The Morgan fingerprint density at radius 1 is 1.10 bits per heavy atom. The third-order valence-corrected chi connectivity index (χ3v) is 7.93. The minimum Gasteiger partial charge on any atom is -0.478 e. The number of carboxylic acids is 1. The maximum Gasteiger partial charge on any atom is 0.337 e. The molecule has 0 spiro atoms. The van der Waals surface area contributed by atoms with Crippen LogP contribution in [0.15, 0.2) is 54.6 Å². The molecule has 0 unspecified atom stereocenters. The first kappa shape index (κ1) is 27.7. The lowest BCUT2D eigenvalue weighted by atomic mass is 9.92. The van der Waals surface area contributed by atoms with Crippen molar-refractivity contribution in [3.05, 3.63) is 93.9 Å². The van der Waals surface area contributed by atoms with Gasteiger partial charge in [-0.3, -0.25) is 9.52 Å². The summed E-state index contributed by atoms with van der Waals surface area (Å²) in [6, 6.07) is 16.3. The number of nitrogens with one attached hydrogen (secondary N) is 1. The van der Waals surface area contributed by atoms with Crippen molar-refractivity contribution in [1.29, 1.82) is 5.26 Å². The number of rotatable bonds is 8. The number of pyridine rings is 1. The third kappa shape index (κ3) is 6.59. The van der Waals surface area contributed by atoms with Crippen LogP contribution in [0.4, 0.5) is 10.2 Å². The van der Waals surface area contributed by atoms with Gasteiger partial charge in [0, 0.05) is 19.0 Å². The molecule has 11 heteroatoms. The number of aromatic nitrogens is 1. The van der Waals surface area contributed by atoms with Crippen molar-refractivity contribution < 1.29 is 27.5 Å². The van der Waals surface area contributed by atoms with Crippen LogP contribution in [-0.4, -0.2) is 43.5 Å². The maximum atomic E-state index is 13.4. The van der Waals surface area contributed by atoms with Crippen LogP contribution in [-0.2, 0) is 27.0 Å². The molecule has 1 saturated heterocycles. The molecule has 9 nitrogen and oxygen atoms in total. The van der Waals surface area contributed by atoms with Gasteiger partial charge >= 0.3 is 5.97 Å². The van der Waals surface area contributed by atoms with E-state index in [9.17, 15) is 32.8 Å². The molecule has 2 N–H and O–H groups in total. The summed E-state index contributed by atoms with van der Waals surface area (Å²) in [7, 11) is -3.86. The number of piperidine rings is 1. The van der Waals surface area contributed by atoms with Gasteiger partial charge in [0.25, 0.3) is 0 Å². The van der Waals surface area contributed by atoms with E-state index in [1.807, 2.05) is 4.90 Å². The topological polar surface area (TPSA) is 140 Å². The number of aryl methyl sites for hydroxylation is 1. The summed E-state index contributed by atoms with van der Waals surface area (Å²) >= 11 is 0. The number of nitriles is 1. The fourth-order valence-electron chi connectivity index (χ4n) is 4.78. The second-order valence-electron chi connectivity index (χ2n) is 9.44. The molecule has 4 rings (SSSR count). The van der Waals surface area contributed by atoms with E-state index in [0.29, 0.717) is 42.9 Å². The third-order valence-electron chi connectivity index (χ3n) is 6.70. The molecule has 3 aromatic rings. The summed E-state index contributed by atoms with van der Waals surface area (Å²) in [6.45, 7) is 2.20. The van der Waals surface area contributed by atoms with Gasteiger partial charge in [-0.05, 0) is 55.0 Å². The van der Waals surface area contributed by atoms with E-state index in [1.54, 1.807) is 37.3 Å². The molecule has 1 aromatic heterocycles. The zero-order chi connectivity index (χ0) is 28.2. The highest BCUT2D eigenvalue weighted by atomic mass is 32.2. The first-order chi connectivity index (χ1) is 18.6. The van der Waals surface area contributed by atoms with Gasteiger partial charge in [0.15, 0.2) is 0 Å². The number of amides is 1. The highest BCUT2D eigenvalue weighted by molar-refractivity contribution is 7.89.